The minimum atomic E-state index is -1.26. The predicted octanol–water partition coefficient (Wildman–Crippen LogP) is 7.22. The Balaban J connectivity index is -0.000000307. The van der Waals surface area contributed by atoms with Gasteiger partial charge in [-0.25, -0.2) is 4.79 Å². The van der Waals surface area contributed by atoms with Crippen LogP contribution in [0.4, 0.5) is 0 Å². The number of hydrogen-bond donors (Lipinski definition) is 8. The Bertz CT molecular complexity index is 1700. The average Bonchev–Trinajstić information content (AvgIpc) is 3.33. The Labute approximate surface area is 511 Å². The fraction of sp³-hybridized carbons (Fsp3) is 0.887. The van der Waals surface area contributed by atoms with E-state index in [1.54, 1.807) is 0 Å². The summed E-state index contributed by atoms with van der Waals surface area (Å²) in [6, 6.07) is 1.03. The van der Waals surface area contributed by atoms with Gasteiger partial charge in [0.1, 0.15) is 6.54 Å². The van der Waals surface area contributed by atoms with Crippen molar-refractivity contribution in [1.29, 1.82) is 0 Å². The van der Waals surface area contributed by atoms with Gasteiger partial charge in [0, 0.05) is 81.6 Å². The smallest absolute Gasteiger partial charge is 0.328 e. The molecule has 0 heterocycles. The molecule has 0 saturated carbocycles. The van der Waals surface area contributed by atoms with Crippen LogP contribution >= 0.6 is 11.8 Å². The molecule has 20 nitrogen and oxygen atoms in total. The standard InChI is InChI=1S/C14H30N2OS.C13H26N2O4.C13H28N2O.C11H22N2O3.C11H24N2O/c1-11(2)9-16(12(3)4)10-14(17)15-13(5)7-8-18-6;1-8(2)6-15(9(3)4)7-11(17)14-12(10(5)16)13(18)19;1-7-12(6)14-13(16)9-15(11(4)5)8-10(2)3;1-8(2)6-13(9(3)4)7-10(14)12-5-11(15)16;1-6-12-11(14)8-13(10(4)5)7-9(2)3/h11-13H,7-10H2,1-6H3,(H,15,17);8-10,12,16H,6-7H2,1-5H3,(H,14,17)(H,18,19);10-12H,7-9H2,1-6H3,(H,14,16);8-9H,5-7H2,1-4H3,(H,12,14)(H,15,16);9-10H,6-8H2,1-5H3,(H,12,14). The SMILES string of the molecule is CC(C)CN(CC(=O)NC(C(=O)O)C(C)O)C(C)C.CC(C)CN(CC(=O)NCC(=O)O)C(C)C.CCC(C)NC(=O)CN(CC(C)C)C(C)C.CCNC(=O)CN(CC(C)C)C(C)C.CSCCC(C)NC(=O)CN(CC(C)C)C(C)C. The van der Waals surface area contributed by atoms with Gasteiger partial charge in [0.15, 0.2) is 6.04 Å². The fourth-order valence-electron chi connectivity index (χ4n) is 7.76. The van der Waals surface area contributed by atoms with Gasteiger partial charge >= 0.3 is 11.9 Å². The lowest BCUT2D eigenvalue weighted by molar-refractivity contribution is -0.145. The van der Waals surface area contributed by atoms with Crippen LogP contribution in [0, 0.1) is 29.6 Å². The van der Waals surface area contributed by atoms with Crippen LogP contribution < -0.4 is 26.6 Å². The molecule has 0 radical (unpaired) electrons. The fourth-order valence-corrected chi connectivity index (χ4v) is 8.35. The topological polar surface area (TPSA) is 257 Å². The second kappa shape index (κ2) is 51.6. The number of carbonyl (C=O) groups excluding carboxylic acids is 5. The van der Waals surface area contributed by atoms with Crippen LogP contribution in [0.1, 0.15) is 186 Å². The highest BCUT2D eigenvalue weighted by atomic mass is 32.2. The maximum atomic E-state index is 12.0. The van der Waals surface area contributed by atoms with Gasteiger partial charge in [0.25, 0.3) is 0 Å². The molecule has 5 amide bonds. The first-order valence-corrected chi connectivity index (χ1v) is 32.3. The highest BCUT2D eigenvalue weighted by Gasteiger charge is 2.27. The number of aliphatic hydroxyl groups excluding tert-OH is 1. The lowest BCUT2D eigenvalue weighted by Crippen LogP contribution is -2.51. The molecule has 0 bridgehead atoms. The van der Waals surface area contributed by atoms with Crippen LogP contribution in [0.5, 0.6) is 0 Å². The predicted molar refractivity (Wildman–Crippen MR) is 347 cm³/mol. The van der Waals surface area contributed by atoms with Crippen molar-refractivity contribution in [2.24, 2.45) is 29.6 Å². The number of aliphatic carboxylic acids is 2. The van der Waals surface area contributed by atoms with E-state index in [4.69, 9.17) is 10.2 Å². The summed E-state index contributed by atoms with van der Waals surface area (Å²) in [4.78, 5) is 90.2. The first-order valence-electron chi connectivity index (χ1n) is 30.9. The van der Waals surface area contributed by atoms with Gasteiger partial charge in [-0.1, -0.05) is 76.2 Å². The van der Waals surface area contributed by atoms with Gasteiger partial charge in [0.2, 0.25) is 29.5 Å². The van der Waals surface area contributed by atoms with Crippen molar-refractivity contribution in [3.63, 3.8) is 0 Å². The third-order valence-electron chi connectivity index (χ3n) is 12.4. The number of nitrogens with zero attached hydrogens (tertiary/aromatic N) is 5. The largest absolute Gasteiger partial charge is 0.480 e. The Morgan fingerprint density at radius 1 is 0.410 bits per heavy atom. The third kappa shape index (κ3) is 56.0. The van der Waals surface area contributed by atoms with Crippen molar-refractivity contribution >= 4 is 53.2 Å². The second-order valence-electron chi connectivity index (χ2n) is 25.5. The molecule has 0 saturated heterocycles. The first kappa shape index (κ1) is 88.2. The summed E-state index contributed by atoms with van der Waals surface area (Å²) in [5, 5.41) is 40.2. The number of likely N-dealkylation sites (N-methyl/N-ethyl adjacent to an activating group) is 1. The van der Waals surface area contributed by atoms with E-state index in [1.165, 1.54) is 6.92 Å². The zero-order valence-electron chi connectivity index (χ0n) is 57.5. The maximum absolute atomic E-state index is 12.0. The molecule has 0 rings (SSSR count). The van der Waals surface area contributed by atoms with E-state index in [1.807, 2.05) is 63.1 Å². The van der Waals surface area contributed by atoms with E-state index in [2.05, 4.69) is 172 Å². The lowest BCUT2D eigenvalue weighted by atomic mass is 10.1. The van der Waals surface area contributed by atoms with Crippen LogP contribution in [0.15, 0.2) is 0 Å². The van der Waals surface area contributed by atoms with E-state index >= 15 is 0 Å². The Kier molecular flexibility index (Phi) is 54.8. The minimum absolute atomic E-state index is 0.127. The first-order chi connectivity index (χ1) is 38.2. The molecule has 4 unspecified atom stereocenters. The molecule has 0 fully saturated rings. The summed E-state index contributed by atoms with van der Waals surface area (Å²) in [6.07, 6.45) is 2.99. The zero-order chi connectivity index (χ0) is 65.9. The second-order valence-corrected chi connectivity index (χ2v) is 26.4. The molecule has 0 aliphatic heterocycles. The van der Waals surface area contributed by atoms with Crippen molar-refractivity contribution in [2.45, 2.75) is 240 Å². The van der Waals surface area contributed by atoms with E-state index in [-0.39, 0.29) is 73.3 Å². The number of carbonyl (C=O) groups is 7. The molecular formula is C62H130N10O10S. The number of thioether (sulfide) groups is 1. The Morgan fingerprint density at radius 3 is 0.916 bits per heavy atom. The van der Waals surface area contributed by atoms with Gasteiger partial charge in [-0.2, -0.15) is 11.8 Å². The molecule has 4 atom stereocenters. The highest BCUT2D eigenvalue weighted by molar-refractivity contribution is 7.98. The Hall–Kier alpha value is -3.60. The van der Waals surface area contributed by atoms with Crippen LogP contribution in [0.2, 0.25) is 0 Å². The molecule has 494 valence electrons. The summed E-state index contributed by atoms with van der Waals surface area (Å²) in [6.45, 7) is 58.6. The van der Waals surface area contributed by atoms with E-state index in [9.17, 15) is 38.7 Å². The number of rotatable bonds is 37. The van der Waals surface area contributed by atoms with Crippen molar-refractivity contribution in [1.82, 2.24) is 51.1 Å². The molecule has 0 aliphatic rings. The molecule has 21 heteroatoms. The lowest BCUT2D eigenvalue weighted by Gasteiger charge is -2.28. The highest BCUT2D eigenvalue weighted by Crippen LogP contribution is 2.09. The third-order valence-corrected chi connectivity index (χ3v) is 13.1. The monoisotopic (exact) mass is 1210 g/mol. The average molecular weight is 1210 g/mol. The molecular weight excluding hydrogens is 1080 g/mol. The minimum Gasteiger partial charge on any atom is -0.480 e. The van der Waals surface area contributed by atoms with Gasteiger partial charge in [-0.15, -0.1) is 0 Å². The van der Waals surface area contributed by atoms with Crippen LogP contribution in [0.25, 0.3) is 0 Å². The number of nitrogens with one attached hydrogen (secondary N) is 5. The van der Waals surface area contributed by atoms with Crippen LogP contribution in [-0.4, -0.2) is 226 Å². The number of aliphatic hydroxyl groups is 1. The summed E-state index contributed by atoms with van der Waals surface area (Å²) < 4.78 is 0. The normalized spacial score (nSPS) is 13.0. The summed E-state index contributed by atoms with van der Waals surface area (Å²) >= 11 is 1.82. The molecule has 0 spiro atoms. The van der Waals surface area contributed by atoms with Gasteiger partial charge in [-0.3, -0.25) is 53.3 Å². The van der Waals surface area contributed by atoms with E-state index in [0.29, 0.717) is 73.9 Å². The number of amides is 5. The molecule has 83 heavy (non-hydrogen) atoms. The summed E-state index contributed by atoms with van der Waals surface area (Å²) in [5.41, 5.74) is 0. The summed E-state index contributed by atoms with van der Waals surface area (Å²) in [5.74, 6) is 1.33. The zero-order valence-corrected chi connectivity index (χ0v) is 58.3. The quantitative estimate of drug-likeness (QED) is 0.0305. The molecule has 0 aromatic carbocycles. The van der Waals surface area contributed by atoms with Gasteiger partial charge in [-0.05, 0) is 151 Å². The molecule has 0 aromatic rings. The van der Waals surface area contributed by atoms with E-state index < -0.39 is 24.1 Å². The maximum Gasteiger partial charge on any atom is 0.328 e. The van der Waals surface area contributed by atoms with Crippen LogP contribution in [0.3, 0.4) is 0 Å². The van der Waals surface area contributed by atoms with Crippen molar-refractivity contribution in [3.05, 3.63) is 0 Å². The number of carboxylic acid groups (broad SMARTS) is 2. The van der Waals surface area contributed by atoms with Crippen molar-refractivity contribution in [3.8, 4) is 0 Å². The van der Waals surface area contributed by atoms with Gasteiger partial charge in [0.05, 0.1) is 38.8 Å². The summed E-state index contributed by atoms with van der Waals surface area (Å²) in [7, 11) is 0. The molecule has 0 aromatic heterocycles. The van der Waals surface area contributed by atoms with Crippen molar-refractivity contribution in [2.75, 3.05) is 90.5 Å². The number of hydrogen-bond acceptors (Lipinski definition) is 14. The Morgan fingerprint density at radius 2 is 0.687 bits per heavy atom. The number of carboxylic acids is 2. The molecule has 0 aliphatic carbocycles. The van der Waals surface area contributed by atoms with E-state index in [0.717, 1.165) is 51.3 Å². The van der Waals surface area contributed by atoms with Crippen molar-refractivity contribution < 1.29 is 48.9 Å². The molecule has 8 N–H and O–H groups in total. The van der Waals surface area contributed by atoms with Gasteiger partial charge < -0.3 is 41.9 Å². The van der Waals surface area contributed by atoms with Crippen LogP contribution in [-0.2, 0) is 33.6 Å².